The van der Waals surface area contributed by atoms with Crippen LogP contribution < -0.4 is 14.8 Å². The maximum atomic E-state index is 12.4. The average molecular weight is 365 g/mol. The van der Waals surface area contributed by atoms with Crippen LogP contribution in [0.25, 0.3) is 0 Å². The molecule has 0 aliphatic rings. The summed E-state index contributed by atoms with van der Waals surface area (Å²) in [7, 11) is -3.01. The number of carbonyl (C=O) groups is 1. The summed E-state index contributed by atoms with van der Waals surface area (Å²) in [5, 5.41) is 2.57. The third kappa shape index (κ3) is 4.94. The molecule has 0 aliphatic carbocycles. The van der Waals surface area contributed by atoms with Gasteiger partial charge in [0.05, 0.1) is 23.8 Å². The van der Waals surface area contributed by atoms with Gasteiger partial charge in [-0.2, -0.15) is 8.42 Å². The third-order valence-corrected chi connectivity index (χ3v) is 4.05. The van der Waals surface area contributed by atoms with Crippen LogP contribution >= 0.6 is 0 Å². The number of anilines is 1. The molecule has 0 aliphatic heterocycles. The van der Waals surface area contributed by atoms with E-state index in [-0.39, 0.29) is 22.4 Å². The zero-order valence-electron chi connectivity index (χ0n) is 14.0. The number of benzene rings is 2. The van der Waals surface area contributed by atoms with Crippen LogP contribution in [0.3, 0.4) is 0 Å². The Morgan fingerprint density at radius 2 is 1.76 bits per heavy atom. The van der Waals surface area contributed by atoms with Gasteiger partial charge in [-0.15, -0.1) is 0 Å². The van der Waals surface area contributed by atoms with E-state index in [0.29, 0.717) is 11.3 Å². The fraction of sp³-hybridized carbons (Fsp3) is 0.235. The lowest BCUT2D eigenvalue weighted by molar-refractivity contribution is 0.102. The molecule has 7 nitrogen and oxygen atoms in total. The Labute approximate surface area is 146 Å². The lowest BCUT2D eigenvalue weighted by Crippen LogP contribution is -2.13. The molecule has 2 aromatic carbocycles. The van der Waals surface area contributed by atoms with Crippen molar-refractivity contribution < 1.29 is 27.2 Å². The highest BCUT2D eigenvalue weighted by Gasteiger charge is 2.16. The molecule has 8 heteroatoms. The molecule has 0 fully saturated rings. The molecule has 0 atom stereocenters. The van der Waals surface area contributed by atoms with Gasteiger partial charge < -0.3 is 14.8 Å². The summed E-state index contributed by atoms with van der Waals surface area (Å²) in [6.07, 6.45) is 0.0205. The Hall–Kier alpha value is -2.58. The van der Waals surface area contributed by atoms with Crippen molar-refractivity contribution in [2.24, 2.45) is 0 Å². The Morgan fingerprint density at radius 3 is 2.28 bits per heavy atom. The standard InChI is InChI=1S/C17H19NO6S/c1-11(2)24-13-6-4-12(5-7-13)17(19)18-15-10-14(25(20,21)22)8-9-16(15)23-3/h4-11H,1-3H3,(H,18,19)(H,20,21,22). The van der Waals surface area contributed by atoms with Crippen LogP contribution in [0, 0.1) is 0 Å². The van der Waals surface area contributed by atoms with Gasteiger partial charge in [0.15, 0.2) is 0 Å². The maximum Gasteiger partial charge on any atom is 0.294 e. The normalized spacial score (nSPS) is 11.2. The molecule has 2 rings (SSSR count). The van der Waals surface area contributed by atoms with E-state index in [1.165, 1.54) is 19.2 Å². The van der Waals surface area contributed by atoms with Gasteiger partial charge in [0, 0.05) is 5.56 Å². The van der Waals surface area contributed by atoms with Crippen LogP contribution in [0.4, 0.5) is 5.69 Å². The van der Waals surface area contributed by atoms with Gasteiger partial charge in [-0.1, -0.05) is 0 Å². The Bertz CT molecular complexity index is 859. The highest BCUT2D eigenvalue weighted by atomic mass is 32.2. The quantitative estimate of drug-likeness (QED) is 0.763. The molecule has 0 saturated heterocycles. The number of carbonyl (C=O) groups excluding carboxylic acids is 1. The van der Waals surface area contributed by atoms with E-state index < -0.39 is 16.0 Å². The topological polar surface area (TPSA) is 102 Å². The lowest BCUT2D eigenvalue weighted by Gasteiger charge is -2.12. The predicted molar refractivity (Wildman–Crippen MR) is 93.0 cm³/mol. The number of nitrogens with one attached hydrogen (secondary N) is 1. The van der Waals surface area contributed by atoms with Gasteiger partial charge in [0.1, 0.15) is 11.5 Å². The molecule has 0 aromatic heterocycles. The van der Waals surface area contributed by atoms with Crippen LogP contribution in [-0.4, -0.2) is 32.1 Å². The van der Waals surface area contributed by atoms with E-state index in [4.69, 9.17) is 14.0 Å². The minimum absolute atomic E-state index is 0.0205. The average Bonchev–Trinajstić information content (AvgIpc) is 2.54. The van der Waals surface area contributed by atoms with Gasteiger partial charge in [-0.3, -0.25) is 9.35 Å². The molecule has 0 saturated carbocycles. The number of amides is 1. The first kappa shape index (κ1) is 18.8. The molecule has 0 radical (unpaired) electrons. The summed E-state index contributed by atoms with van der Waals surface area (Å²) in [4.78, 5) is 12.0. The fourth-order valence-corrected chi connectivity index (χ4v) is 2.60. The number of hydrogen-bond acceptors (Lipinski definition) is 5. The Balaban J connectivity index is 2.24. The van der Waals surface area contributed by atoms with Crippen molar-refractivity contribution >= 4 is 21.7 Å². The van der Waals surface area contributed by atoms with Crippen LogP contribution in [0.15, 0.2) is 47.4 Å². The number of methoxy groups -OCH3 is 1. The van der Waals surface area contributed by atoms with E-state index >= 15 is 0 Å². The third-order valence-electron chi connectivity index (χ3n) is 3.21. The minimum atomic E-state index is -4.39. The number of hydrogen-bond donors (Lipinski definition) is 2. The molecule has 0 spiro atoms. The number of ether oxygens (including phenoxy) is 2. The van der Waals surface area contributed by atoms with Gasteiger partial charge >= 0.3 is 0 Å². The molecule has 0 unspecified atom stereocenters. The van der Waals surface area contributed by atoms with E-state index in [1.807, 2.05) is 13.8 Å². The highest BCUT2D eigenvalue weighted by molar-refractivity contribution is 7.85. The number of rotatable bonds is 6. The molecule has 25 heavy (non-hydrogen) atoms. The second-order valence-corrected chi connectivity index (χ2v) is 6.90. The van der Waals surface area contributed by atoms with Crippen molar-refractivity contribution in [2.45, 2.75) is 24.8 Å². The Morgan fingerprint density at radius 1 is 1.12 bits per heavy atom. The zero-order chi connectivity index (χ0) is 18.6. The molecule has 2 aromatic rings. The monoisotopic (exact) mass is 365 g/mol. The van der Waals surface area contributed by atoms with Crippen molar-refractivity contribution in [2.75, 3.05) is 12.4 Å². The van der Waals surface area contributed by atoms with Crippen molar-refractivity contribution in [3.63, 3.8) is 0 Å². The second kappa shape index (κ2) is 7.54. The minimum Gasteiger partial charge on any atom is -0.495 e. The van der Waals surface area contributed by atoms with Gasteiger partial charge in [0.2, 0.25) is 0 Å². The lowest BCUT2D eigenvalue weighted by atomic mass is 10.2. The molecule has 0 heterocycles. The Kier molecular flexibility index (Phi) is 5.66. The van der Waals surface area contributed by atoms with Crippen LogP contribution in [0.1, 0.15) is 24.2 Å². The van der Waals surface area contributed by atoms with Crippen molar-refractivity contribution in [1.82, 2.24) is 0 Å². The van der Waals surface area contributed by atoms with E-state index in [1.54, 1.807) is 24.3 Å². The van der Waals surface area contributed by atoms with Gasteiger partial charge in [0.25, 0.3) is 16.0 Å². The van der Waals surface area contributed by atoms with E-state index in [0.717, 1.165) is 6.07 Å². The van der Waals surface area contributed by atoms with E-state index in [2.05, 4.69) is 5.32 Å². The molecular weight excluding hydrogens is 346 g/mol. The summed E-state index contributed by atoms with van der Waals surface area (Å²) >= 11 is 0. The molecule has 0 bridgehead atoms. The van der Waals surface area contributed by atoms with Crippen molar-refractivity contribution in [1.29, 1.82) is 0 Å². The maximum absolute atomic E-state index is 12.4. The van der Waals surface area contributed by atoms with Gasteiger partial charge in [-0.05, 0) is 56.3 Å². The first-order valence-corrected chi connectivity index (χ1v) is 8.88. The first-order chi connectivity index (χ1) is 11.7. The molecule has 1 amide bonds. The zero-order valence-corrected chi connectivity index (χ0v) is 14.8. The first-order valence-electron chi connectivity index (χ1n) is 7.44. The fourth-order valence-electron chi connectivity index (χ4n) is 2.10. The summed E-state index contributed by atoms with van der Waals surface area (Å²) in [6.45, 7) is 3.80. The van der Waals surface area contributed by atoms with Crippen molar-refractivity contribution in [3.8, 4) is 11.5 Å². The van der Waals surface area contributed by atoms with Crippen LogP contribution in [0.5, 0.6) is 11.5 Å². The van der Waals surface area contributed by atoms with E-state index in [9.17, 15) is 13.2 Å². The molecule has 2 N–H and O–H groups in total. The van der Waals surface area contributed by atoms with Crippen molar-refractivity contribution in [3.05, 3.63) is 48.0 Å². The largest absolute Gasteiger partial charge is 0.495 e. The summed E-state index contributed by atoms with van der Waals surface area (Å²) in [5.74, 6) is 0.444. The predicted octanol–water partition coefficient (Wildman–Crippen LogP) is 2.98. The molecular formula is C17H19NO6S. The summed E-state index contributed by atoms with van der Waals surface area (Å²) < 4.78 is 42.3. The molecule has 134 valence electrons. The smallest absolute Gasteiger partial charge is 0.294 e. The SMILES string of the molecule is COc1ccc(S(=O)(=O)O)cc1NC(=O)c1ccc(OC(C)C)cc1. The van der Waals surface area contributed by atoms with Crippen LogP contribution in [0.2, 0.25) is 0 Å². The van der Waals surface area contributed by atoms with Crippen LogP contribution in [-0.2, 0) is 10.1 Å². The second-order valence-electron chi connectivity index (χ2n) is 5.48. The summed E-state index contributed by atoms with van der Waals surface area (Å²) in [5.41, 5.74) is 0.487. The highest BCUT2D eigenvalue weighted by Crippen LogP contribution is 2.28. The van der Waals surface area contributed by atoms with Gasteiger partial charge in [-0.25, -0.2) is 0 Å². The summed E-state index contributed by atoms with van der Waals surface area (Å²) in [6, 6.07) is 10.2.